The van der Waals surface area contributed by atoms with Crippen molar-refractivity contribution in [2.75, 3.05) is 14.1 Å². The molecule has 7 rings (SSSR count). The van der Waals surface area contributed by atoms with Gasteiger partial charge in [-0.3, -0.25) is 25.9 Å². The molecule has 2 aliphatic rings. The Kier molecular flexibility index (Phi) is 24.0. The minimum atomic E-state index is -3.67. The molecular formula is C53H55B2F8NO2. The highest BCUT2D eigenvalue weighted by Gasteiger charge is 2.17. The predicted octanol–water partition coefficient (Wildman–Crippen LogP) is 9.01. The molecule has 66 heavy (non-hydrogen) atoms. The molecule has 4 aromatic carbocycles. The van der Waals surface area contributed by atoms with Crippen LogP contribution in [0, 0.1) is 6.92 Å². The number of aryl methyl sites for hydroxylation is 5. The van der Waals surface area contributed by atoms with Gasteiger partial charge < -0.3 is 14.1 Å². The fourth-order valence-corrected chi connectivity index (χ4v) is 6.59. The molecule has 0 radical (unpaired) electrons. The number of ether oxygens (including phenoxy) is 1. The first-order valence-corrected chi connectivity index (χ1v) is 21.3. The molecule has 1 aliphatic heterocycles. The maximum absolute atomic E-state index is 9.67. The molecule has 0 fully saturated rings. The number of rotatable bonds is 9. The average Bonchev–Trinajstić information content (AvgIpc) is 3.30. The van der Waals surface area contributed by atoms with E-state index in [4.69, 9.17) is 9.15 Å². The average molecular weight is 912 g/mol. The lowest BCUT2D eigenvalue weighted by Gasteiger charge is -2.18. The summed E-state index contributed by atoms with van der Waals surface area (Å²) < 4.78 is 72.4. The van der Waals surface area contributed by atoms with E-state index < -0.39 is 15.1 Å². The van der Waals surface area contributed by atoms with Crippen LogP contribution in [-0.4, -0.2) is 39.5 Å². The predicted molar refractivity (Wildman–Crippen MR) is 256 cm³/mol. The zero-order valence-electron chi connectivity index (χ0n) is 38.3. The van der Waals surface area contributed by atoms with Crippen molar-refractivity contribution in [1.29, 1.82) is 0 Å². The third-order valence-corrected chi connectivity index (χ3v) is 10.3. The Hall–Kier alpha value is -6.49. The van der Waals surface area contributed by atoms with E-state index in [2.05, 4.69) is 204 Å². The number of halogens is 8. The van der Waals surface area contributed by atoms with E-state index in [-0.39, 0.29) is 9.41 Å². The second kappa shape index (κ2) is 28.4. The smallest absolute Gasteiger partial charge is 0.762 e. The highest BCUT2D eigenvalue weighted by atomic mass is 19.4. The quantitative estimate of drug-likeness (QED) is 0.0639. The molecule has 13 heteroatoms. The molecule has 0 saturated heterocycles. The van der Waals surface area contributed by atoms with Gasteiger partial charge in [-0.05, 0) is 113 Å². The molecule has 0 atom stereocenters. The highest BCUT2D eigenvalue weighted by Crippen LogP contribution is 2.33. The zero-order valence-corrected chi connectivity index (χ0v) is 38.3. The Balaban J connectivity index is 0.000000395. The second-order valence-corrected chi connectivity index (χ2v) is 14.9. The van der Waals surface area contributed by atoms with E-state index in [0.717, 1.165) is 71.0 Å². The Bertz CT molecular complexity index is 2390. The molecule has 0 N–H and O–H groups in total. The van der Waals surface area contributed by atoms with Crippen molar-refractivity contribution < 1.29 is 49.0 Å². The molecule has 0 bridgehead atoms. The summed E-state index contributed by atoms with van der Waals surface area (Å²) in [5.41, 5.74) is 14.7. The molecular weight excluding hydrogens is 856 g/mol. The van der Waals surface area contributed by atoms with Gasteiger partial charge in [-0.25, -0.2) is 8.99 Å². The van der Waals surface area contributed by atoms with E-state index >= 15 is 0 Å². The number of hydrogen-bond donors (Lipinski definition) is 0. The monoisotopic (exact) mass is 911 g/mol. The van der Waals surface area contributed by atoms with Gasteiger partial charge in [0.1, 0.15) is 25.6 Å². The molecule has 2 heterocycles. The van der Waals surface area contributed by atoms with Gasteiger partial charge >= 0.3 is 26.6 Å². The van der Waals surface area contributed by atoms with Gasteiger partial charge in [-0.15, -0.1) is 0 Å². The van der Waals surface area contributed by atoms with E-state index in [1.165, 1.54) is 44.7 Å². The third kappa shape index (κ3) is 18.2. The lowest BCUT2D eigenvalue weighted by molar-refractivity contribution is -0.462. The normalized spacial score (nSPS) is 12.8. The lowest BCUT2D eigenvalue weighted by Crippen LogP contribution is -3.00. The molecule has 346 valence electrons. The van der Waals surface area contributed by atoms with Crippen LogP contribution in [-0.2, 0) is 30.4 Å². The summed E-state index contributed by atoms with van der Waals surface area (Å²) in [4.78, 5) is 0. The SMILES string of the molecule is CCc1ccc(-c2cc(C)[o+]c(-c3ccc(CC)cc3)c2)cc1.CCc1ccc(C2=CC(=CC=C3C=CC(=[N+](C)C)C=C3)OC(c3ccc(CC)cc3)=C2)cc1.FB(F)F.FB(F)F.[F-].[F-]. The van der Waals surface area contributed by atoms with Crippen molar-refractivity contribution in [2.45, 2.75) is 60.3 Å². The molecule has 0 saturated carbocycles. The first kappa shape index (κ1) is 55.6. The van der Waals surface area contributed by atoms with Crippen LogP contribution in [0.15, 0.2) is 174 Å². The molecule has 5 aromatic rings. The van der Waals surface area contributed by atoms with Crippen molar-refractivity contribution in [2.24, 2.45) is 0 Å². The van der Waals surface area contributed by atoms with Crippen LogP contribution in [0.5, 0.6) is 0 Å². The maximum atomic E-state index is 9.67. The Labute approximate surface area is 385 Å². The summed E-state index contributed by atoms with van der Waals surface area (Å²) in [5, 5.41) is 0. The number of allylic oxidation sites excluding steroid dienone is 10. The summed E-state index contributed by atoms with van der Waals surface area (Å²) in [6, 6.07) is 39.1. The van der Waals surface area contributed by atoms with E-state index in [9.17, 15) is 25.9 Å². The number of benzene rings is 4. The maximum Gasteiger partial charge on any atom is 0.762 e. The van der Waals surface area contributed by atoms with Gasteiger partial charge in [-0.1, -0.05) is 119 Å². The molecule has 3 nitrogen and oxygen atoms in total. The van der Waals surface area contributed by atoms with Crippen LogP contribution < -0.4 is 9.41 Å². The minimum absolute atomic E-state index is 0. The summed E-state index contributed by atoms with van der Waals surface area (Å²) in [7, 11) is -3.23. The van der Waals surface area contributed by atoms with Gasteiger partial charge in [0.15, 0.2) is 5.71 Å². The summed E-state index contributed by atoms with van der Waals surface area (Å²) in [6.07, 6.45) is 21.1. The van der Waals surface area contributed by atoms with Crippen molar-refractivity contribution >= 4 is 32.1 Å². The van der Waals surface area contributed by atoms with Gasteiger partial charge in [0.2, 0.25) is 0 Å². The summed E-state index contributed by atoms with van der Waals surface area (Å²) >= 11 is 0. The molecule has 0 amide bonds. The Morgan fingerprint density at radius 1 is 0.515 bits per heavy atom. The first-order valence-electron chi connectivity index (χ1n) is 21.3. The van der Waals surface area contributed by atoms with Crippen LogP contribution >= 0.6 is 0 Å². The largest absolute Gasteiger partial charge is 1.00 e. The van der Waals surface area contributed by atoms with E-state index in [1.54, 1.807) is 0 Å². The number of hydrogen-bond acceptors (Lipinski definition) is 1. The fourth-order valence-electron chi connectivity index (χ4n) is 6.59. The number of nitrogens with zero attached hydrogens (tertiary/aromatic N) is 1. The van der Waals surface area contributed by atoms with Gasteiger partial charge in [-0.2, -0.15) is 0 Å². The van der Waals surface area contributed by atoms with Crippen LogP contribution in [0.1, 0.15) is 66.8 Å². The molecule has 1 aliphatic carbocycles. The van der Waals surface area contributed by atoms with Crippen LogP contribution in [0.2, 0.25) is 0 Å². The Morgan fingerprint density at radius 2 is 0.924 bits per heavy atom. The fraction of sp³-hybridized carbons (Fsp3) is 0.208. The molecule has 0 unspecified atom stereocenters. The lowest BCUT2D eigenvalue weighted by atomic mass is 9.98. The summed E-state index contributed by atoms with van der Waals surface area (Å²) in [6.45, 7) is 10.7. The zero-order chi connectivity index (χ0) is 46.6. The van der Waals surface area contributed by atoms with Crippen molar-refractivity contribution in [3.8, 4) is 22.5 Å². The van der Waals surface area contributed by atoms with Gasteiger partial charge in [0.25, 0.3) is 0 Å². The van der Waals surface area contributed by atoms with Crippen LogP contribution in [0.3, 0.4) is 0 Å². The van der Waals surface area contributed by atoms with Gasteiger partial charge in [0.05, 0.1) is 18.6 Å². The summed E-state index contributed by atoms with van der Waals surface area (Å²) in [5.74, 6) is 3.55. The first-order chi connectivity index (χ1) is 30.7. The van der Waals surface area contributed by atoms with Crippen molar-refractivity contribution in [3.05, 3.63) is 208 Å². The minimum Gasteiger partial charge on any atom is -1.00 e. The second-order valence-electron chi connectivity index (χ2n) is 14.9. The highest BCUT2D eigenvalue weighted by molar-refractivity contribution is 6.33. The molecule has 1 aromatic heterocycles. The van der Waals surface area contributed by atoms with Crippen molar-refractivity contribution in [3.63, 3.8) is 0 Å². The van der Waals surface area contributed by atoms with E-state index in [0.29, 0.717) is 0 Å². The van der Waals surface area contributed by atoms with Gasteiger partial charge in [0, 0.05) is 29.3 Å². The Morgan fingerprint density at radius 3 is 1.35 bits per heavy atom. The standard InChI is InChI=1S/C31H32NO.C22H23O.2BF3.2FH/c1-5-23-7-14-26(15-8-23)28-21-30(20-13-25-11-18-29(19-12-25)32(3)4)33-31(22-28)27-16-9-24(6-2)10-17-27;1-4-17-6-10-19(11-7-17)21-14-16(3)23-22(15-21)20-12-8-18(5-2)9-13-20;2*2-1(3)4;;/h7-22H,5-6H2,1-4H3;6-15H,4-5H2,1-3H3;;;2*1H/q2*+1;;;;/p-2. The van der Waals surface area contributed by atoms with E-state index in [1.807, 2.05) is 6.92 Å². The molecule has 0 spiro atoms. The third-order valence-electron chi connectivity index (χ3n) is 10.3. The topological polar surface area (TPSA) is 23.5 Å². The van der Waals surface area contributed by atoms with Crippen molar-refractivity contribution in [1.82, 2.24) is 0 Å². The van der Waals surface area contributed by atoms with Crippen LogP contribution in [0.4, 0.5) is 25.9 Å². The van der Waals surface area contributed by atoms with Crippen LogP contribution in [0.25, 0.3) is 33.8 Å².